The second-order valence-corrected chi connectivity index (χ2v) is 9.12. The molecule has 1 amide bonds. The van der Waals surface area contributed by atoms with Crippen molar-refractivity contribution in [2.45, 2.75) is 27.3 Å². The summed E-state index contributed by atoms with van der Waals surface area (Å²) in [7, 11) is 0. The van der Waals surface area contributed by atoms with Gasteiger partial charge in [-0.15, -0.1) is 11.3 Å². The number of para-hydroxylation sites is 1. The molecule has 0 bridgehead atoms. The van der Waals surface area contributed by atoms with Gasteiger partial charge in [-0.3, -0.25) is 14.2 Å². The summed E-state index contributed by atoms with van der Waals surface area (Å²) in [6.45, 7) is 7.49. The number of benzene rings is 1. The van der Waals surface area contributed by atoms with Gasteiger partial charge in [0.05, 0.1) is 41.8 Å². The Morgan fingerprint density at radius 1 is 1.17 bits per heavy atom. The summed E-state index contributed by atoms with van der Waals surface area (Å²) < 4.78 is 14.3. The number of morpholine rings is 1. The highest BCUT2D eigenvalue weighted by Crippen LogP contribution is 2.18. The van der Waals surface area contributed by atoms with Crippen molar-refractivity contribution >= 4 is 35.4 Å². The third-order valence-electron chi connectivity index (χ3n) is 5.75. The normalized spacial score (nSPS) is 15.0. The molecule has 0 aliphatic carbocycles. The smallest absolute Gasteiger partial charge is 0.333 e. The molecular formula is C25H28N4O5S. The molecule has 9 nitrogen and oxygen atoms in total. The van der Waals surface area contributed by atoms with Gasteiger partial charge in [-0.05, 0) is 39.0 Å². The van der Waals surface area contributed by atoms with Crippen molar-refractivity contribution < 1.29 is 19.1 Å². The highest BCUT2D eigenvalue weighted by Gasteiger charge is 2.20. The SMILES string of the molecule is CCOC(=O)/C=c1\s/c(=C\c2c(C)nn(-c3ccccc3)c2C)c(=O)n1CC(=O)N1CCOCC1. The number of nitrogens with zero attached hydrogens (tertiary/aromatic N) is 4. The lowest BCUT2D eigenvalue weighted by Gasteiger charge is -2.26. The Balaban J connectivity index is 1.79. The van der Waals surface area contributed by atoms with E-state index in [1.807, 2.05) is 48.9 Å². The molecule has 0 saturated carbocycles. The van der Waals surface area contributed by atoms with Crippen molar-refractivity contribution in [1.29, 1.82) is 0 Å². The molecule has 3 aromatic rings. The Kier molecular flexibility index (Phi) is 7.62. The van der Waals surface area contributed by atoms with E-state index >= 15 is 0 Å². The lowest BCUT2D eigenvalue weighted by Crippen LogP contribution is -2.45. The molecule has 4 rings (SSSR count). The van der Waals surface area contributed by atoms with Gasteiger partial charge in [-0.2, -0.15) is 5.10 Å². The van der Waals surface area contributed by atoms with Crippen LogP contribution in [0.5, 0.6) is 0 Å². The Hall–Kier alpha value is -3.50. The van der Waals surface area contributed by atoms with Crippen molar-refractivity contribution in [2.24, 2.45) is 0 Å². The number of carbonyl (C=O) groups excluding carboxylic acids is 2. The molecule has 184 valence electrons. The fraction of sp³-hybridized carbons (Fsp3) is 0.360. The number of hydrogen-bond donors (Lipinski definition) is 0. The van der Waals surface area contributed by atoms with Gasteiger partial charge in [0.2, 0.25) is 5.91 Å². The Morgan fingerprint density at radius 3 is 2.57 bits per heavy atom. The van der Waals surface area contributed by atoms with Crippen LogP contribution in [0.4, 0.5) is 0 Å². The Morgan fingerprint density at radius 2 is 1.89 bits per heavy atom. The van der Waals surface area contributed by atoms with Crippen molar-refractivity contribution in [3.63, 3.8) is 0 Å². The molecule has 0 spiro atoms. The molecule has 1 aliphatic heterocycles. The predicted octanol–water partition coefficient (Wildman–Crippen LogP) is 0.744. The van der Waals surface area contributed by atoms with E-state index < -0.39 is 5.97 Å². The van der Waals surface area contributed by atoms with Gasteiger partial charge in [0.1, 0.15) is 11.2 Å². The first-order chi connectivity index (χ1) is 16.9. The lowest BCUT2D eigenvalue weighted by atomic mass is 10.2. The van der Waals surface area contributed by atoms with Crippen molar-refractivity contribution in [3.05, 3.63) is 66.8 Å². The maximum absolute atomic E-state index is 13.4. The van der Waals surface area contributed by atoms with Crippen LogP contribution < -0.4 is 14.8 Å². The highest BCUT2D eigenvalue weighted by molar-refractivity contribution is 7.07. The number of ether oxygens (including phenoxy) is 2. The zero-order valence-corrected chi connectivity index (χ0v) is 20.8. The summed E-state index contributed by atoms with van der Waals surface area (Å²) in [5.74, 6) is -0.750. The maximum Gasteiger partial charge on any atom is 0.333 e. The van der Waals surface area contributed by atoms with Crippen molar-refractivity contribution in [1.82, 2.24) is 19.2 Å². The molecule has 1 saturated heterocycles. The molecule has 0 N–H and O–H groups in total. The third-order valence-corrected chi connectivity index (χ3v) is 6.80. The number of aryl methyl sites for hydroxylation is 1. The molecule has 0 unspecified atom stereocenters. The van der Waals surface area contributed by atoms with Crippen LogP contribution in [0.15, 0.2) is 35.1 Å². The molecular weight excluding hydrogens is 468 g/mol. The predicted molar refractivity (Wildman–Crippen MR) is 133 cm³/mol. The number of thiazole rings is 1. The van der Waals surface area contributed by atoms with Crippen LogP contribution in [0.2, 0.25) is 0 Å². The van der Waals surface area contributed by atoms with Gasteiger partial charge in [0.15, 0.2) is 0 Å². The van der Waals surface area contributed by atoms with Gasteiger partial charge in [-0.1, -0.05) is 18.2 Å². The largest absolute Gasteiger partial charge is 0.463 e. The zero-order valence-electron chi connectivity index (χ0n) is 20.0. The molecule has 35 heavy (non-hydrogen) atoms. The fourth-order valence-corrected chi connectivity index (χ4v) is 4.95. The summed E-state index contributed by atoms with van der Waals surface area (Å²) in [5, 5.41) is 4.64. The summed E-state index contributed by atoms with van der Waals surface area (Å²) in [6.07, 6.45) is 3.05. The van der Waals surface area contributed by atoms with Gasteiger partial charge >= 0.3 is 5.97 Å². The molecule has 1 aliphatic rings. The summed E-state index contributed by atoms with van der Waals surface area (Å²) in [5.41, 5.74) is 3.06. The second-order valence-electron chi connectivity index (χ2n) is 8.06. The fourth-order valence-electron chi connectivity index (χ4n) is 3.94. The Bertz CT molecular complexity index is 1400. The highest BCUT2D eigenvalue weighted by atomic mass is 32.1. The molecule has 3 heterocycles. The van der Waals surface area contributed by atoms with E-state index in [0.29, 0.717) is 35.5 Å². The number of rotatable bonds is 6. The van der Waals surface area contributed by atoms with Crippen molar-refractivity contribution in [3.8, 4) is 5.69 Å². The first-order valence-electron chi connectivity index (χ1n) is 11.5. The van der Waals surface area contributed by atoms with Gasteiger partial charge in [0.25, 0.3) is 5.56 Å². The minimum atomic E-state index is -0.558. The van der Waals surface area contributed by atoms with Crippen LogP contribution in [0.25, 0.3) is 17.8 Å². The van der Waals surface area contributed by atoms with Crippen LogP contribution in [-0.4, -0.2) is 64.0 Å². The van der Waals surface area contributed by atoms with E-state index in [9.17, 15) is 14.4 Å². The second kappa shape index (κ2) is 10.8. The topological polar surface area (TPSA) is 95.7 Å². The van der Waals surface area contributed by atoms with E-state index in [2.05, 4.69) is 5.10 Å². The molecule has 10 heteroatoms. The molecule has 1 fully saturated rings. The minimum Gasteiger partial charge on any atom is -0.463 e. The zero-order chi connectivity index (χ0) is 24.9. The first kappa shape index (κ1) is 24.6. The van der Waals surface area contributed by atoms with Gasteiger partial charge < -0.3 is 14.4 Å². The van der Waals surface area contributed by atoms with E-state index in [-0.39, 0.29) is 24.6 Å². The van der Waals surface area contributed by atoms with Crippen LogP contribution >= 0.6 is 11.3 Å². The maximum atomic E-state index is 13.4. The quantitative estimate of drug-likeness (QED) is 0.468. The number of esters is 1. The van der Waals surface area contributed by atoms with E-state index in [4.69, 9.17) is 9.47 Å². The molecule has 0 atom stereocenters. The van der Waals surface area contributed by atoms with Gasteiger partial charge in [-0.25, -0.2) is 9.48 Å². The monoisotopic (exact) mass is 496 g/mol. The van der Waals surface area contributed by atoms with E-state index in [1.54, 1.807) is 17.9 Å². The van der Waals surface area contributed by atoms with Crippen LogP contribution in [0.1, 0.15) is 23.9 Å². The lowest BCUT2D eigenvalue weighted by molar-refractivity contribution is -0.136. The third kappa shape index (κ3) is 5.44. The van der Waals surface area contributed by atoms with Crippen LogP contribution in [0.3, 0.4) is 0 Å². The Labute approximate surface area is 206 Å². The number of aromatic nitrogens is 3. The van der Waals surface area contributed by atoms with E-state index in [0.717, 1.165) is 34.0 Å². The summed E-state index contributed by atoms with van der Waals surface area (Å²) in [6, 6.07) is 9.75. The molecule has 0 radical (unpaired) electrons. The number of carbonyl (C=O) groups is 2. The average Bonchev–Trinajstić information content (AvgIpc) is 3.31. The van der Waals surface area contributed by atoms with Crippen LogP contribution in [0, 0.1) is 13.8 Å². The number of hydrogen-bond acceptors (Lipinski definition) is 7. The molecule has 2 aromatic heterocycles. The van der Waals surface area contributed by atoms with Crippen molar-refractivity contribution in [2.75, 3.05) is 32.9 Å². The standard InChI is InChI=1S/C25H28N4O5S/c1-4-34-24(31)15-23-28(16-22(30)27-10-12-33-13-11-27)25(32)21(35-23)14-20-17(2)26-29(18(20)3)19-8-6-5-7-9-19/h5-9,14-15H,4,10-13,16H2,1-3H3/b21-14-,23-15-. The van der Waals surface area contributed by atoms with E-state index in [1.165, 1.54) is 10.6 Å². The summed E-state index contributed by atoms with van der Waals surface area (Å²) >= 11 is 1.15. The summed E-state index contributed by atoms with van der Waals surface area (Å²) in [4.78, 5) is 40.1. The minimum absolute atomic E-state index is 0.157. The van der Waals surface area contributed by atoms with Crippen LogP contribution in [-0.2, 0) is 25.6 Å². The molecule has 1 aromatic carbocycles. The first-order valence-corrected chi connectivity index (χ1v) is 12.3. The average molecular weight is 497 g/mol. The van der Waals surface area contributed by atoms with Gasteiger partial charge in [0, 0.05) is 24.3 Å². The number of amides is 1.